The second-order valence-corrected chi connectivity index (χ2v) is 3.38. The first-order chi connectivity index (χ1) is 6.81. The Balaban J connectivity index is 2.84. The summed E-state index contributed by atoms with van der Waals surface area (Å²) in [6, 6.07) is 6.16. The van der Waals surface area contributed by atoms with E-state index in [2.05, 4.69) is 24.4 Å². The van der Waals surface area contributed by atoms with Crippen LogP contribution in [-0.2, 0) is 6.42 Å². The van der Waals surface area contributed by atoms with Crippen molar-refractivity contribution < 1.29 is 4.74 Å². The van der Waals surface area contributed by atoms with Crippen LogP contribution >= 0.6 is 11.6 Å². The second-order valence-electron chi connectivity index (χ2n) is 3.00. The third kappa shape index (κ3) is 2.81. The summed E-state index contributed by atoms with van der Waals surface area (Å²) in [5.74, 6) is 1.46. The Morgan fingerprint density at radius 2 is 2.21 bits per heavy atom. The lowest BCUT2D eigenvalue weighted by Crippen LogP contribution is -2.04. The highest BCUT2D eigenvalue weighted by Gasteiger charge is 2.02. The van der Waals surface area contributed by atoms with Crippen LogP contribution in [0, 0.1) is 0 Å². The van der Waals surface area contributed by atoms with E-state index in [4.69, 9.17) is 16.3 Å². The van der Waals surface area contributed by atoms with Gasteiger partial charge in [0.2, 0.25) is 0 Å². The molecule has 1 rings (SSSR count). The van der Waals surface area contributed by atoms with Crippen LogP contribution in [0.1, 0.15) is 12.5 Å². The van der Waals surface area contributed by atoms with Crippen LogP contribution in [0.4, 0.5) is 5.69 Å². The molecule has 0 aliphatic rings. The van der Waals surface area contributed by atoms with E-state index in [1.54, 1.807) is 7.11 Å². The minimum absolute atomic E-state index is 0.597. The maximum absolute atomic E-state index is 5.62. The van der Waals surface area contributed by atoms with Crippen LogP contribution in [-0.4, -0.2) is 19.5 Å². The minimum Gasteiger partial charge on any atom is -0.495 e. The number of methoxy groups -OCH3 is 1. The molecule has 0 bridgehead atoms. The molecule has 0 radical (unpaired) electrons. The molecule has 2 nitrogen and oxygen atoms in total. The van der Waals surface area contributed by atoms with Gasteiger partial charge in [-0.2, -0.15) is 0 Å². The van der Waals surface area contributed by atoms with Gasteiger partial charge in [0.25, 0.3) is 0 Å². The molecule has 1 aromatic carbocycles. The van der Waals surface area contributed by atoms with Crippen LogP contribution < -0.4 is 10.1 Å². The number of anilines is 1. The molecule has 0 unspecified atom stereocenters. The zero-order valence-corrected chi connectivity index (χ0v) is 9.40. The molecule has 0 heterocycles. The molecule has 3 heteroatoms. The molecule has 0 amide bonds. The molecule has 0 aromatic heterocycles. The molecule has 0 atom stereocenters. The summed E-state index contributed by atoms with van der Waals surface area (Å²) in [5.41, 5.74) is 2.32. The summed E-state index contributed by atoms with van der Waals surface area (Å²) in [6.07, 6.45) is 1.03. The maximum Gasteiger partial charge on any atom is 0.141 e. The molecule has 0 fully saturated rings. The average molecular weight is 214 g/mol. The molecule has 1 aromatic rings. The van der Waals surface area contributed by atoms with Gasteiger partial charge >= 0.3 is 0 Å². The van der Waals surface area contributed by atoms with E-state index in [9.17, 15) is 0 Å². The smallest absolute Gasteiger partial charge is 0.141 e. The molecule has 78 valence electrons. The molecular formula is C11H16ClNO. The van der Waals surface area contributed by atoms with E-state index >= 15 is 0 Å². The summed E-state index contributed by atoms with van der Waals surface area (Å²) >= 11 is 5.62. The Kier molecular flexibility index (Phi) is 4.60. The zero-order valence-electron chi connectivity index (χ0n) is 8.64. The van der Waals surface area contributed by atoms with E-state index in [1.165, 1.54) is 5.56 Å². The van der Waals surface area contributed by atoms with E-state index in [0.717, 1.165) is 24.4 Å². The molecule has 14 heavy (non-hydrogen) atoms. The molecule has 0 saturated heterocycles. The van der Waals surface area contributed by atoms with Crippen LogP contribution in [0.15, 0.2) is 18.2 Å². The summed E-state index contributed by atoms with van der Waals surface area (Å²) in [4.78, 5) is 0. The van der Waals surface area contributed by atoms with Crippen molar-refractivity contribution in [1.82, 2.24) is 0 Å². The monoisotopic (exact) mass is 213 g/mol. The van der Waals surface area contributed by atoms with Crippen LogP contribution in [0.25, 0.3) is 0 Å². The predicted octanol–water partition coefficient (Wildman–Crippen LogP) is 2.91. The SMILES string of the molecule is CCc1ccc(OC)c(NCCCl)c1. The fourth-order valence-corrected chi connectivity index (χ4v) is 1.39. The fourth-order valence-electron chi connectivity index (χ4n) is 1.30. The summed E-state index contributed by atoms with van der Waals surface area (Å²) in [7, 11) is 1.67. The highest BCUT2D eigenvalue weighted by Crippen LogP contribution is 2.25. The number of aryl methyl sites for hydroxylation is 1. The Labute approximate surface area is 90.2 Å². The van der Waals surface area contributed by atoms with Gasteiger partial charge in [-0.25, -0.2) is 0 Å². The topological polar surface area (TPSA) is 21.3 Å². The predicted molar refractivity (Wildman–Crippen MR) is 61.6 cm³/mol. The van der Waals surface area contributed by atoms with Crippen LogP contribution in [0.3, 0.4) is 0 Å². The fraction of sp³-hybridized carbons (Fsp3) is 0.455. The Hall–Kier alpha value is -0.890. The largest absolute Gasteiger partial charge is 0.495 e. The van der Waals surface area contributed by atoms with Crippen molar-refractivity contribution in [3.8, 4) is 5.75 Å². The van der Waals surface area contributed by atoms with Gasteiger partial charge in [0.05, 0.1) is 12.8 Å². The number of benzene rings is 1. The van der Waals surface area contributed by atoms with Gasteiger partial charge in [-0.15, -0.1) is 11.6 Å². The third-order valence-corrected chi connectivity index (χ3v) is 2.27. The first kappa shape index (κ1) is 11.2. The summed E-state index contributed by atoms with van der Waals surface area (Å²) in [6.45, 7) is 2.89. The molecule has 1 N–H and O–H groups in total. The number of nitrogens with one attached hydrogen (secondary N) is 1. The van der Waals surface area contributed by atoms with Crippen molar-refractivity contribution in [3.63, 3.8) is 0 Å². The van der Waals surface area contributed by atoms with Crippen molar-refractivity contribution in [3.05, 3.63) is 23.8 Å². The number of hydrogen-bond donors (Lipinski definition) is 1. The standard InChI is InChI=1S/C11H16ClNO/c1-3-9-4-5-11(14-2)10(8-9)13-7-6-12/h4-5,8,13H,3,6-7H2,1-2H3. The van der Waals surface area contributed by atoms with Crippen LogP contribution in [0.5, 0.6) is 5.75 Å². The second kappa shape index (κ2) is 5.76. The minimum atomic E-state index is 0.597. The number of alkyl halides is 1. The lowest BCUT2D eigenvalue weighted by atomic mass is 10.1. The highest BCUT2D eigenvalue weighted by atomic mass is 35.5. The first-order valence-electron chi connectivity index (χ1n) is 4.78. The van der Waals surface area contributed by atoms with Crippen molar-refractivity contribution in [2.24, 2.45) is 0 Å². The molecule has 0 saturated carbocycles. The van der Waals surface area contributed by atoms with Gasteiger partial charge in [0, 0.05) is 12.4 Å². The first-order valence-corrected chi connectivity index (χ1v) is 5.32. The van der Waals surface area contributed by atoms with E-state index in [-0.39, 0.29) is 0 Å². The van der Waals surface area contributed by atoms with Gasteiger partial charge in [-0.1, -0.05) is 13.0 Å². The maximum atomic E-state index is 5.62. The summed E-state index contributed by atoms with van der Waals surface area (Å²) in [5, 5.41) is 3.23. The third-order valence-electron chi connectivity index (χ3n) is 2.08. The average Bonchev–Trinajstić information content (AvgIpc) is 2.25. The molecule has 0 spiro atoms. The van der Waals surface area contributed by atoms with Gasteiger partial charge in [-0.3, -0.25) is 0 Å². The van der Waals surface area contributed by atoms with Crippen molar-refractivity contribution >= 4 is 17.3 Å². The van der Waals surface area contributed by atoms with E-state index in [0.29, 0.717) is 5.88 Å². The number of rotatable bonds is 5. The lowest BCUT2D eigenvalue weighted by Gasteiger charge is -2.11. The summed E-state index contributed by atoms with van der Waals surface area (Å²) < 4.78 is 5.24. The number of hydrogen-bond acceptors (Lipinski definition) is 2. The van der Waals surface area contributed by atoms with Crippen molar-refractivity contribution in [2.45, 2.75) is 13.3 Å². The Morgan fingerprint density at radius 3 is 2.79 bits per heavy atom. The van der Waals surface area contributed by atoms with Crippen molar-refractivity contribution in [2.75, 3.05) is 24.9 Å². The van der Waals surface area contributed by atoms with E-state index in [1.807, 2.05) is 6.07 Å². The quantitative estimate of drug-likeness (QED) is 0.760. The van der Waals surface area contributed by atoms with Gasteiger partial charge in [-0.05, 0) is 24.1 Å². The zero-order chi connectivity index (χ0) is 10.4. The molecule has 0 aliphatic heterocycles. The number of ether oxygens (including phenoxy) is 1. The molecular weight excluding hydrogens is 198 g/mol. The number of halogens is 1. The normalized spacial score (nSPS) is 9.93. The Morgan fingerprint density at radius 1 is 1.43 bits per heavy atom. The van der Waals surface area contributed by atoms with E-state index < -0.39 is 0 Å². The Bertz CT molecular complexity index is 289. The molecule has 0 aliphatic carbocycles. The van der Waals surface area contributed by atoms with Gasteiger partial charge in [0.1, 0.15) is 5.75 Å². The van der Waals surface area contributed by atoms with Crippen LogP contribution in [0.2, 0.25) is 0 Å². The van der Waals surface area contributed by atoms with Gasteiger partial charge in [0.15, 0.2) is 0 Å². The highest BCUT2D eigenvalue weighted by molar-refractivity contribution is 6.18. The lowest BCUT2D eigenvalue weighted by molar-refractivity contribution is 0.416. The van der Waals surface area contributed by atoms with Gasteiger partial charge < -0.3 is 10.1 Å². The van der Waals surface area contributed by atoms with Crippen molar-refractivity contribution in [1.29, 1.82) is 0 Å².